The Morgan fingerprint density at radius 1 is 1.28 bits per heavy atom. The van der Waals surface area contributed by atoms with Crippen LogP contribution >= 0.6 is 0 Å². The highest BCUT2D eigenvalue weighted by Crippen LogP contribution is 2.17. The molecule has 1 atom stereocenters. The average Bonchev–Trinajstić information content (AvgIpc) is 3.06. The molecule has 25 heavy (non-hydrogen) atoms. The second-order valence-corrected chi connectivity index (χ2v) is 5.53. The molecule has 8 nitrogen and oxygen atoms in total. The number of pyridine rings is 2. The fourth-order valence-corrected chi connectivity index (χ4v) is 2.42. The van der Waals surface area contributed by atoms with Crippen LogP contribution in [-0.4, -0.2) is 45.8 Å². The third kappa shape index (κ3) is 3.92. The maximum atomic E-state index is 11.9. The molecule has 0 saturated carbocycles. The molecule has 0 spiro atoms. The number of nitrogens with zero attached hydrogens (tertiary/aromatic N) is 4. The SMILES string of the molecule is COCCNC(=O)c1ccc(NC(C)c2nnc3ccccn23)nc1. The molecule has 0 radical (unpaired) electrons. The summed E-state index contributed by atoms with van der Waals surface area (Å²) in [5, 5.41) is 14.4. The third-order valence-electron chi connectivity index (χ3n) is 3.71. The van der Waals surface area contributed by atoms with Gasteiger partial charge < -0.3 is 15.4 Å². The van der Waals surface area contributed by atoms with Gasteiger partial charge >= 0.3 is 0 Å². The van der Waals surface area contributed by atoms with Gasteiger partial charge in [0, 0.05) is 26.0 Å². The van der Waals surface area contributed by atoms with Crippen LogP contribution in [0.1, 0.15) is 29.1 Å². The van der Waals surface area contributed by atoms with Gasteiger partial charge in [-0.15, -0.1) is 10.2 Å². The Kier molecular flexibility index (Phi) is 5.20. The van der Waals surface area contributed by atoms with Gasteiger partial charge in [-0.2, -0.15) is 0 Å². The number of rotatable bonds is 7. The number of nitrogens with one attached hydrogen (secondary N) is 2. The maximum absolute atomic E-state index is 11.9. The van der Waals surface area contributed by atoms with Gasteiger partial charge in [0.05, 0.1) is 18.2 Å². The van der Waals surface area contributed by atoms with Crippen molar-refractivity contribution in [2.45, 2.75) is 13.0 Å². The van der Waals surface area contributed by atoms with Gasteiger partial charge in [-0.25, -0.2) is 4.98 Å². The van der Waals surface area contributed by atoms with E-state index in [4.69, 9.17) is 4.74 Å². The zero-order chi connectivity index (χ0) is 17.6. The number of methoxy groups -OCH3 is 1. The second kappa shape index (κ2) is 7.71. The lowest BCUT2D eigenvalue weighted by atomic mass is 10.2. The summed E-state index contributed by atoms with van der Waals surface area (Å²) < 4.78 is 6.83. The minimum Gasteiger partial charge on any atom is -0.383 e. The minimum absolute atomic E-state index is 0.0914. The number of ether oxygens (including phenoxy) is 1. The van der Waals surface area contributed by atoms with Crippen LogP contribution in [0.25, 0.3) is 5.65 Å². The molecule has 3 heterocycles. The minimum atomic E-state index is -0.174. The maximum Gasteiger partial charge on any atom is 0.252 e. The molecule has 0 aliphatic rings. The Morgan fingerprint density at radius 2 is 2.16 bits per heavy atom. The quantitative estimate of drug-likeness (QED) is 0.636. The van der Waals surface area contributed by atoms with Crippen molar-refractivity contribution in [1.82, 2.24) is 24.9 Å². The van der Waals surface area contributed by atoms with Crippen molar-refractivity contribution < 1.29 is 9.53 Å². The predicted octanol–water partition coefficient (Wildman–Crippen LogP) is 1.67. The standard InChI is InChI=1S/C17H20N6O2/c1-12(16-22-21-15-5-3-4-9-23(15)16)20-14-7-6-13(11-19-14)17(24)18-8-10-25-2/h3-7,9,11-12H,8,10H2,1-2H3,(H,18,24)(H,19,20). The fraction of sp³-hybridized carbons (Fsp3) is 0.294. The lowest BCUT2D eigenvalue weighted by Crippen LogP contribution is -2.27. The number of anilines is 1. The topological polar surface area (TPSA) is 93.4 Å². The molecule has 0 fully saturated rings. The molecule has 8 heteroatoms. The monoisotopic (exact) mass is 340 g/mol. The summed E-state index contributed by atoms with van der Waals surface area (Å²) in [5.41, 5.74) is 1.30. The van der Waals surface area contributed by atoms with E-state index in [1.165, 1.54) is 0 Å². The van der Waals surface area contributed by atoms with Crippen LogP contribution < -0.4 is 10.6 Å². The van der Waals surface area contributed by atoms with Crippen molar-refractivity contribution in [2.75, 3.05) is 25.6 Å². The molecule has 3 aromatic heterocycles. The highest BCUT2D eigenvalue weighted by molar-refractivity contribution is 5.94. The van der Waals surface area contributed by atoms with Crippen LogP contribution in [-0.2, 0) is 4.74 Å². The molecular weight excluding hydrogens is 320 g/mol. The van der Waals surface area contributed by atoms with E-state index in [-0.39, 0.29) is 11.9 Å². The molecule has 130 valence electrons. The zero-order valence-electron chi connectivity index (χ0n) is 14.1. The van der Waals surface area contributed by atoms with Crippen LogP contribution in [0, 0.1) is 0 Å². The predicted molar refractivity (Wildman–Crippen MR) is 93.5 cm³/mol. The Balaban J connectivity index is 1.66. The first-order valence-electron chi connectivity index (χ1n) is 7.98. The normalized spacial score (nSPS) is 12.1. The number of hydrogen-bond donors (Lipinski definition) is 2. The molecule has 0 saturated heterocycles. The van der Waals surface area contributed by atoms with Crippen LogP contribution in [0.3, 0.4) is 0 Å². The van der Waals surface area contributed by atoms with Gasteiger partial charge in [0.15, 0.2) is 11.5 Å². The highest BCUT2D eigenvalue weighted by Gasteiger charge is 2.14. The van der Waals surface area contributed by atoms with Crippen LogP contribution in [0.2, 0.25) is 0 Å². The van der Waals surface area contributed by atoms with Gasteiger partial charge in [0.2, 0.25) is 0 Å². The van der Waals surface area contributed by atoms with Crippen molar-refractivity contribution in [3.63, 3.8) is 0 Å². The van der Waals surface area contributed by atoms with E-state index in [0.29, 0.717) is 24.5 Å². The molecule has 0 aliphatic heterocycles. The van der Waals surface area contributed by atoms with E-state index in [0.717, 1.165) is 11.5 Å². The van der Waals surface area contributed by atoms with Gasteiger partial charge in [-0.3, -0.25) is 9.20 Å². The van der Waals surface area contributed by atoms with Crippen molar-refractivity contribution in [1.29, 1.82) is 0 Å². The summed E-state index contributed by atoms with van der Waals surface area (Å²) >= 11 is 0. The lowest BCUT2D eigenvalue weighted by Gasteiger charge is -2.13. The van der Waals surface area contributed by atoms with Crippen LogP contribution in [0.5, 0.6) is 0 Å². The summed E-state index contributed by atoms with van der Waals surface area (Å²) in [6, 6.07) is 9.16. The van der Waals surface area contributed by atoms with Crippen molar-refractivity contribution in [2.24, 2.45) is 0 Å². The van der Waals surface area contributed by atoms with E-state index in [9.17, 15) is 4.79 Å². The van der Waals surface area contributed by atoms with Crippen molar-refractivity contribution >= 4 is 17.4 Å². The van der Waals surface area contributed by atoms with E-state index >= 15 is 0 Å². The van der Waals surface area contributed by atoms with Crippen LogP contribution in [0.15, 0.2) is 42.7 Å². The van der Waals surface area contributed by atoms with Gasteiger partial charge in [0.25, 0.3) is 5.91 Å². The Labute approximate surface area is 145 Å². The van der Waals surface area contributed by atoms with Crippen molar-refractivity contribution in [3.8, 4) is 0 Å². The van der Waals surface area contributed by atoms with Crippen LogP contribution in [0.4, 0.5) is 5.82 Å². The lowest BCUT2D eigenvalue weighted by molar-refractivity contribution is 0.0937. The summed E-state index contributed by atoms with van der Waals surface area (Å²) in [6.45, 7) is 2.92. The number of carbonyl (C=O) groups excluding carboxylic acids is 1. The average molecular weight is 340 g/mol. The molecular formula is C17H20N6O2. The Bertz CT molecular complexity index is 846. The summed E-state index contributed by atoms with van der Waals surface area (Å²) in [4.78, 5) is 16.2. The molecule has 0 aliphatic carbocycles. The Morgan fingerprint density at radius 3 is 2.92 bits per heavy atom. The van der Waals surface area contributed by atoms with E-state index < -0.39 is 0 Å². The number of carbonyl (C=O) groups is 1. The van der Waals surface area contributed by atoms with Gasteiger partial charge in [-0.1, -0.05) is 6.07 Å². The molecule has 1 amide bonds. The van der Waals surface area contributed by atoms with Crippen molar-refractivity contribution in [3.05, 3.63) is 54.1 Å². The molecule has 0 aromatic carbocycles. The second-order valence-electron chi connectivity index (χ2n) is 5.53. The first-order valence-corrected chi connectivity index (χ1v) is 7.98. The summed E-state index contributed by atoms with van der Waals surface area (Å²) in [6.07, 6.45) is 3.46. The fourth-order valence-electron chi connectivity index (χ4n) is 2.42. The number of fused-ring (bicyclic) bond motifs is 1. The number of amides is 1. The first kappa shape index (κ1) is 16.8. The van der Waals surface area contributed by atoms with E-state index in [2.05, 4.69) is 25.8 Å². The van der Waals surface area contributed by atoms with E-state index in [1.54, 1.807) is 25.4 Å². The molecule has 3 aromatic rings. The molecule has 3 rings (SSSR count). The largest absolute Gasteiger partial charge is 0.383 e. The summed E-state index contributed by atoms with van der Waals surface area (Å²) in [7, 11) is 1.59. The molecule has 0 bridgehead atoms. The van der Waals surface area contributed by atoms with Gasteiger partial charge in [0.1, 0.15) is 5.82 Å². The number of aromatic nitrogens is 4. The smallest absolute Gasteiger partial charge is 0.252 e. The Hall–Kier alpha value is -3.00. The van der Waals surface area contributed by atoms with E-state index in [1.807, 2.05) is 35.7 Å². The summed E-state index contributed by atoms with van der Waals surface area (Å²) in [5.74, 6) is 1.28. The van der Waals surface area contributed by atoms with Gasteiger partial charge in [-0.05, 0) is 31.2 Å². The number of hydrogen-bond acceptors (Lipinski definition) is 6. The third-order valence-corrected chi connectivity index (χ3v) is 3.71. The first-order chi connectivity index (χ1) is 12.2. The molecule has 2 N–H and O–H groups in total. The zero-order valence-corrected chi connectivity index (χ0v) is 14.1. The highest BCUT2D eigenvalue weighted by atomic mass is 16.5. The molecule has 1 unspecified atom stereocenters.